The SMILES string of the molecule is COc1ccc([C@H]2CCN(C(=O)c3cccc(F)c3)C2)cc1. The molecule has 2 aromatic carbocycles. The van der Waals surface area contributed by atoms with Gasteiger partial charge in [-0.15, -0.1) is 0 Å². The first kappa shape index (κ1) is 14.6. The lowest BCUT2D eigenvalue weighted by molar-refractivity contribution is 0.0790. The standard InChI is InChI=1S/C18H18FNO2/c1-22-17-7-5-13(6-8-17)15-9-10-20(12-15)18(21)14-3-2-4-16(19)11-14/h2-8,11,15H,9-10,12H2,1H3/t15-/m0/s1. The van der Waals surface area contributed by atoms with Crippen LogP contribution in [-0.4, -0.2) is 31.0 Å². The zero-order valence-corrected chi connectivity index (χ0v) is 12.5. The van der Waals surface area contributed by atoms with E-state index in [0.717, 1.165) is 12.2 Å². The topological polar surface area (TPSA) is 29.5 Å². The van der Waals surface area contributed by atoms with Gasteiger partial charge in [-0.1, -0.05) is 18.2 Å². The van der Waals surface area contributed by atoms with Crippen LogP contribution in [0.15, 0.2) is 48.5 Å². The Labute approximate surface area is 129 Å². The normalized spacial score (nSPS) is 17.5. The average molecular weight is 299 g/mol. The molecule has 0 bridgehead atoms. The summed E-state index contributed by atoms with van der Waals surface area (Å²) in [5, 5.41) is 0. The predicted octanol–water partition coefficient (Wildman–Crippen LogP) is 3.46. The first-order valence-electron chi connectivity index (χ1n) is 7.36. The van der Waals surface area contributed by atoms with E-state index in [0.29, 0.717) is 24.6 Å². The number of hydrogen-bond donors (Lipinski definition) is 0. The summed E-state index contributed by atoms with van der Waals surface area (Å²) in [6.07, 6.45) is 0.924. The van der Waals surface area contributed by atoms with Crippen molar-refractivity contribution in [3.05, 3.63) is 65.5 Å². The lowest BCUT2D eigenvalue weighted by Crippen LogP contribution is -2.28. The van der Waals surface area contributed by atoms with E-state index in [1.165, 1.54) is 17.7 Å². The number of rotatable bonds is 3. The van der Waals surface area contributed by atoms with Gasteiger partial charge in [0.25, 0.3) is 5.91 Å². The summed E-state index contributed by atoms with van der Waals surface area (Å²) in [6.45, 7) is 1.37. The number of carbonyl (C=O) groups is 1. The van der Waals surface area contributed by atoms with Gasteiger partial charge >= 0.3 is 0 Å². The molecule has 1 atom stereocenters. The van der Waals surface area contributed by atoms with Gasteiger partial charge in [0.2, 0.25) is 0 Å². The molecule has 0 radical (unpaired) electrons. The molecule has 1 aliphatic rings. The molecule has 3 rings (SSSR count). The number of amides is 1. The van der Waals surface area contributed by atoms with Gasteiger partial charge in [0.1, 0.15) is 11.6 Å². The van der Waals surface area contributed by atoms with Gasteiger partial charge in [0.05, 0.1) is 7.11 Å². The van der Waals surface area contributed by atoms with Crippen molar-refractivity contribution in [3.63, 3.8) is 0 Å². The van der Waals surface area contributed by atoms with Crippen molar-refractivity contribution in [1.29, 1.82) is 0 Å². The molecule has 0 saturated carbocycles. The highest BCUT2D eigenvalue weighted by atomic mass is 19.1. The number of benzene rings is 2. The van der Waals surface area contributed by atoms with E-state index in [4.69, 9.17) is 4.74 Å². The number of carbonyl (C=O) groups excluding carboxylic acids is 1. The van der Waals surface area contributed by atoms with Crippen molar-refractivity contribution in [3.8, 4) is 5.75 Å². The third-order valence-corrected chi connectivity index (χ3v) is 4.13. The molecule has 0 aliphatic carbocycles. The Kier molecular flexibility index (Phi) is 4.09. The lowest BCUT2D eigenvalue weighted by atomic mass is 9.98. The summed E-state index contributed by atoms with van der Waals surface area (Å²) in [4.78, 5) is 14.2. The van der Waals surface area contributed by atoms with Crippen LogP contribution in [0.2, 0.25) is 0 Å². The van der Waals surface area contributed by atoms with Gasteiger partial charge < -0.3 is 9.64 Å². The molecule has 0 aromatic heterocycles. The Bertz CT molecular complexity index is 669. The molecular formula is C18H18FNO2. The van der Waals surface area contributed by atoms with Crippen LogP contribution in [0.5, 0.6) is 5.75 Å². The summed E-state index contributed by atoms with van der Waals surface area (Å²) < 4.78 is 18.4. The first-order chi connectivity index (χ1) is 10.7. The Morgan fingerprint density at radius 2 is 2.00 bits per heavy atom. The number of nitrogens with zero attached hydrogens (tertiary/aromatic N) is 1. The molecular weight excluding hydrogens is 281 g/mol. The number of likely N-dealkylation sites (tertiary alicyclic amines) is 1. The van der Waals surface area contributed by atoms with Crippen LogP contribution in [0.3, 0.4) is 0 Å². The van der Waals surface area contributed by atoms with E-state index in [2.05, 4.69) is 0 Å². The summed E-state index contributed by atoms with van der Waals surface area (Å²) in [7, 11) is 1.64. The van der Waals surface area contributed by atoms with E-state index >= 15 is 0 Å². The van der Waals surface area contributed by atoms with Crippen LogP contribution >= 0.6 is 0 Å². The van der Waals surface area contributed by atoms with Crippen LogP contribution in [-0.2, 0) is 0 Å². The molecule has 3 nitrogen and oxygen atoms in total. The predicted molar refractivity (Wildman–Crippen MR) is 82.7 cm³/mol. The van der Waals surface area contributed by atoms with Crippen molar-refractivity contribution in [1.82, 2.24) is 4.90 Å². The van der Waals surface area contributed by atoms with Gasteiger partial charge in [-0.3, -0.25) is 4.79 Å². The molecule has 1 aliphatic heterocycles. The minimum Gasteiger partial charge on any atom is -0.497 e. The Balaban J connectivity index is 1.70. The van der Waals surface area contributed by atoms with E-state index in [1.807, 2.05) is 24.3 Å². The van der Waals surface area contributed by atoms with E-state index in [1.54, 1.807) is 24.1 Å². The van der Waals surface area contributed by atoms with Crippen molar-refractivity contribution in [2.24, 2.45) is 0 Å². The second kappa shape index (κ2) is 6.18. The average Bonchev–Trinajstić information content (AvgIpc) is 3.04. The Morgan fingerprint density at radius 1 is 1.23 bits per heavy atom. The van der Waals surface area contributed by atoms with Crippen LogP contribution in [0.1, 0.15) is 28.3 Å². The maximum atomic E-state index is 13.2. The zero-order chi connectivity index (χ0) is 15.5. The molecule has 4 heteroatoms. The van der Waals surface area contributed by atoms with Gasteiger partial charge in [0.15, 0.2) is 0 Å². The zero-order valence-electron chi connectivity index (χ0n) is 12.5. The number of halogens is 1. The first-order valence-corrected chi connectivity index (χ1v) is 7.36. The third-order valence-electron chi connectivity index (χ3n) is 4.13. The summed E-state index contributed by atoms with van der Waals surface area (Å²) >= 11 is 0. The third kappa shape index (κ3) is 2.96. The molecule has 1 saturated heterocycles. The smallest absolute Gasteiger partial charge is 0.253 e. The van der Waals surface area contributed by atoms with E-state index in [-0.39, 0.29) is 11.7 Å². The highest BCUT2D eigenvalue weighted by Gasteiger charge is 2.28. The summed E-state index contributed by atoms with van der Waals surface area (Å²) in [5.74, 6) is 0.671. The molecule has 2 aromatic rings. The highest BCUT2D eigenvalue weighted by Crippen LogP contribution is 2.29. The molecule has 0 spiro atoms. The van der Waals surface area contributed by atoms with Crippen LogP contribution < -0.4 is 4.74 Å². The van der Waals surface area contributed by atoms with E-state index in [9.17, 15) is 9.18 Å². The lowest BCUT2D eigenvalue weighted by Gasteiger charge is -2.17. The number of ether oxygens (including phenoxy) is 1. The number of methoxy groups -OCH3 is 1. The molecule has 1 heterocycles. The van der Waals surface area contributed by atoms with Crippen LogP contribution in [0.25, 0.3) is 0 Å². The van der Waals surface area contributed by atoms with Crippen molar-refractivity contribution in [2.75, 3.05) is 20.2 Å². The van der Waals surface area contributed by atoms with Gasteiger partial charge in [-0.25, -0.2) is 4.39 Å². The maximum absolute atomic E-state index is 13.2. The molecule has 1 fully saturated rings. The van der Waals surface area contributed by atoms with Crippen molar-refractivity contribution >= 4 is 5.91 Å². The molecule has 0 unspecified atom stereocenters. The summed E-state index contributed by atoms with van der Waals surface area (Å²) in [6, 6.07) is 13.8. The fourth-order valence-corrected chi connectivity index (χ4v) is 2.90. The fourth-order valence-electron chi connectivity index (χ4n) is 2.90. The summed E-state index contributed by atoms with van der Waals surface area (Å²) in [5.41, 5.74) is 1.62. The maximum Gasteiger partial charge on any atom is 0.253 e. The van der Waals surface area contributed by atoms with Crippen molar-refractivity contribution in [2.45, 2.75) is 12.3 Å². The van der Waals surface area contributed by atoms with Crippen molar-refractivity contribution < 1.29 is 13.9 Å². The molecule has 1 amide bonds. The minimum absolute atomic E-state index is 0.101. The fraction of sp³-hybridized carbons (Fsp3) is 0.278. The van der Waals surface area contributed by atoms with Gasteiger partial charge in [-0.05, 0) is 42.3 Å². The molecule has 22 heavy (non-hydrogen) atoms. The van der Waals surface area contributed by atoms with E-state index < -0.39 is 0 Å². The van der Waals surface area contributed by atoms with Gasteiger partial charge in [0, 0.05) is 24.6 Å². The van der Waals surface area contributed by atoms with Crippen LogP contribution in [0, 0.1) is 5.82 Å². The second-order valence-electron chi connectivity index (χ2n) is 5.52. The van der Waals surface area contributed by atoms with Crippen LogP contribution in [0.4, 0.5) is 4.39 Å². The Hall–Kier alpha value is -2.36. The monoisotopic (exact) mass is 299 g/mol. The Morgan fingerprint density at radius 3 is 2.68 bits per heavy atom. The highest BCUT2D eigenvalue weighted by molar-refractivity contribution is 5.94. The van der Waals surface area contributed by atoms with Gasteiger partial charge in [-0.2, -0.15) is 0 Å². The minimum atomic E-state index is -0.378. The molecule has 114 valence electrons. The quantitative estimate of drug-likeness (QED) is 0.868. The number of hydrogen-bond acceptors (Lipinski definition) is 2. The largest absolute Gasteiger partial charge is 0.497 e. The second-order valence-corrected chi connectivity index (χ2v) is 5.52. The molecule has 0 N–H and O–H groups in total.